The van der Waals surface area contributed by atoms with Gasteiger partial charge in [-0.15, -0.1) is 0 Å². The second kappa shape index (κ2) is 9.46. The number of methoxy groups -OCH3 is 1. The number of rotatable bonds is 6. The van der Waals surface area contributed by atoms with E-state index in [4.69, 9.17) is 9.47 Å². The highest BCUT2D eigenvalue weighted by molar-refractivity contribution is 5.89. The minimum Gasteiger partial charge on any atom is -0.444 e. The second-order valence-corrected chi connectivity index (χ2v) is 6.80. The molecular weight excluding hydrogens is 314 g/mol. The van der Waals surface area contributed by atoms with Gasteiger partial charge in [0, 0.05) is 20.2 Å². The average molecular weight is 343 g/mol. The lowest BCUT2D eigenvalue weighted by molar-refractivity contribution is -0.129. The van der Waals surface area contributed by atoms with E-state index in [-0.39, 0.29) is 31.5 Å². The summed E-state index contributed by atoms with van der Waals surface area (Å²) in [7, 11) is 1.52. The van der Waals surface area contributed by atoms with E-state index in [1.165, 1.54) is 12.0 Å². The van der Waals surface area contributed by atoms with Gasteiger partial charge in [0.25, 0.3) is 0 Å². The van der Waals surface area contributed by atoms with E-state index in [0.717, 1.165) is 12.8 Å². The molecule has 0 radical (unpaired) electrons. The van der Waals surface area contributed by atoms with Crippen LogP contribution in [0.3, 0.4) is 0 Å². The van der Waals surface area contributed by atoms with Crippen LogP contribution in [0.25, 0.3) is 0 Å². The molecule has 8 heteroatoms. The monoisotopic (exact) mass is 343 g/mol. The number of ether oxygens (including phenoxy) is 2. The zero-order chi connectivity index (χ0) is 18.2. The smallest absolute Gasteiger partial charge is 0.410 e. The topological polar surface area (TPSA) is 97.0 Å². The van der Waals surface area contributed by atoms with Crippen LogP contribution >= 0.6 is 0 Å². The highest BCUT2D eigenvalue weighted by Crippen LogP contribution is 2.10. The van der Waals surface area contributed by atoms with Crippen molar-refractivity contribution in [2.45, 2.75) is 51.7 Å². The Morgan fingerprint density at radius 1 is 1.33 bits per heavy atom. The van der Waals surface area contributed by atoms with Gasteiger partial charge in [-0.25, -0.2) is 4.79 Å². The van der Waals surface area contributed by atoms with Crippen molar-refractivity contribution in [3.8, 4) is 0 Å². The molecule has 1 aliphatic heterocycles. The molecule has 0 bridgehead atoms. The maximum absolute atomic E-state index is 12.2. The SMILES string of the molecule is COCCN(CC(=O)N[C@H]1CCCCNC1=O)C(=O)OC(C)(C)C. The predicted octanol–water partition coefficient (Wildman–Crippen LogP) is 0.655. The zero-order valence-corrected chi connectivity index (χ0v) is 15.0. The molecule has 1 heterocycles. The fourth-order valence-electron chi connectivity index (χ4n) is 2.25. The van der Waals surface area contributed by atoms with Gasteiger partial charge in [-0.3, -0.25) is 14.5 Å². The molecule has 1 atom stereocenters. The number of carbonyl (C=O) groups is 3. The lowest BCUT2D eigenvalue weighted by atomic mass is 10.1. The number of amides is 3. The van der Waals surface area contributed by atoms with Gasteiger partial charge in [0.15, 0.2) is 0 Å². The van der Waals surface area contributed by atoms with E-state index < -0.39 is 17.7 Å². The molecule has 0 unspecified atom stereocenters. The van der Waals surface area contributed by atoms with Crippen molar-refractivity contribution >= 4 is 17.9 Å². The van der Waals surface area contributed by atoms with Gasteiger partial charge in [0.2, 0.25) is 11.8 Å². The van der Waals surface area contributed by atoms with Crippen molar-refractivity contribution in [1.29, 1.82) is 0 Å². The molecule has 138 valence electrons. The minimum absolute atomic E-state index is 0.179. The largest absolute Gasteiger partial charge is 0.444 e. The predicted molar refractivity (Wildman–Crippen MR) is 88.5 cm³/mol. The molecule has 0 aliphatic carbocycles. The minimum atomic E-state index is -0.653. The van der Waals surface area contributed by atoms with Crippen LogP contribution in [0.5, 0.6) is 0 Å². The quantitative estimate of drug-likeness (QED) is 0.738. The van der Waals surface area contributed by atoms with E-state index in [1.54, 1.807) is 20.8 Å². The Balaban J connectivity index is 2.62. The van der Waals surface area contributed by atoms with Crippen molar-refractivity contribution in [1.82, 2.24) is 15.5 Å². The molecule has 2 N–H and O–H groups in total. The van der Waals surface area contributed by atoms with Gasteiger partial charge in [0.05, 0.1) is 6.61 Å². The summed E-state index contributed by atoms with van der Waals surface area (Å²) in [6, 6.07) is -0.553. The van der Waals surface area contributed by atoms with Crippen LogP contribution in [0, 0.1) is 0 Å². The first-order valence-corrected chi connectivity index (χ1v) is 8.27. The molecule has 3 amide bonds. The summed E-state index contributed by atoms with van der Waals surface area (Å²) in [5, 5.41) is 5.45. The molecule has 1 aliphatic rings. The average Bonchev–Trinajstić information content (AvgIpc) is 2.66. The third-order valence-electron chi connectivity index (χ3n) is 3.42. The Hall–Kier alpha value is -1.83. The normalized spacial score (nSPS) is 18.3. The molecule has 0 aromatic rings. The lowest BCUT2D eigenvalue weighted by Crippen LogP contribution is -2.50. The number of hydrogen-bond donors (Lipinski definition) is 2. The Kier molecular flexibility index (Phi) is 7.97. The highest BCUT2D eigenvalue weighted by Gasteiger charge is 2.26. The Bertz CT molecular complexity index is 447. The standard InChI is InChI=1S/C16H29N3O5/c1-16(2,3)24-15(22)19(9-10-23-4)11-13(20)18-12-7-5-6-8-17-14(12)21/h12H,5-11H2,1-4H3,(H,17,21)(H,18,20)/t12-/m0/s1. The fourth-order valence-corrected chi connectivity index (χ4v) is 2.25. The number of carbonyl (C=O) groups excluding carboxylic acids is 3. The van der Waals surface area contributed by atoms with Crippen LogP contribution in [0.1, 0.15) is 40.0 Å². The van der Waals surface area contributed by atoms with Gasteiger partial charge in [-0.05, 0) is 40.0 Å². The summed E-state index contributed by atoms with van der Waals surface area (Å²) in [4.78, 5) is 37.6. The molecular formula is C16H29N3O5. The van der Waals surface area contributed by atoms with E-state index in [0.29, 0.717) is 13.0 Å². The van der Waals surface area contributed by atoms with Gasteiger partial charge in [-0.2, -0.15) is 0 Å². The number of hydrogen-bond acceptors (Lipinski definition) is 5. The second-order valence-electron chi connectivity index (χ2n) is 6.80. The van der Waals surface area contributed by atoms with Crippen molar-refractivity contribution in [2.75, 3.05) is 33.4 Å². The van der Waals surface area contributed by atoms with Crippen molar-refractivity contribution in [3.05, 3.63) is 0 Å². The van der Waals surface area contributed by atoms with E-state index in [1.807, 2.05) is 0 Å². The van der Waals surface area contributed by atoms with Crippen molar-refractivity contribution < 1.29 is 23.9 Å². The van der Waals surface area contributed by atoms with Crippen LogP contribution in [0.15, 0.2) is 0 Å². The van der Waals surface area contributed by atoms with Crippen LogP contribution in [-0.4, -0.2) is 67.8 Å². The Morgan fingerprint density at radius 3 is 2.67 bits per heavy atom. The van der Waals surface area contributed by atoms with Crippen LogP contribution in [0.4, 0.5) is 4.79 Å². The van der Waals surface area contributed by atoms with E-state index in [9.17, 15) is 14.4 Å². The lowest BCUT2D eigenvalue weighted by Gasteiger charge is -2.27. The summed E-state index contributed by atoms with van der Waals surface area (Å²) < 4.78 is 10.3. The molecule has 24 heavy (non-hydrogen) atoms. The third kappa shape index (κ3) is 7.63. The summed E-state index contributed by atoms with van der Waals surface area (Å²) in [5.41, 5.74) is -0.653. The van der Waals surface area contributed by atoms with Crippen LogP contribution in [-0.2, 0) is 19.1 Å². The molecule has 0 spiro atoms. The van der Waals surface area contributed by atoms with Crippen molar-refractivity contribution in [2.24, 2.45) is 0 Å². The highest BCUT2D eigenvalue weighted by atomic mass is 16.6. The maximum Gasteiger partial charge on any atom is 0.410 e. The molecule has 1 rings (SSSR count). The summed E-state index contributed by atoms with van der Waals surface area (Å²) in [6.07, 6.45) is 1.78. The third-order valence-corrected chi connectivity index (χ3v) is 3.42. The van der Waals surface area contributed by atoms with E-state index in [2.05, 4.69) is 10.6 Å². The summed E-state index contributed by atoms with van der Waals surface area (Å²) in [6.45, 7) is 6.25. The Labute approximate surface area is 143 Å². The van der Waals surface area contributed by atoms with Gasteiger partial charge < -0.3 is 20.1 Å². The molecule has 0 aromatic carbocycles. The summed E-state index contributed by atoms with van der Waals surface area (Å²) in [5.74, 6) is -0.569. The van der Waals surface area contributed by atoms with Crippen LogP contribution < -0.4 is 10.6 Å². The maximum atomic E-state index is 12.2. The van der Waals surface area contributed by atoms with Crippen LogP contribution in [0.2, 0.25) is 0 Å². The fraction of sp³-hybridized carbons (Fsp3) is 0.812. The first-order valence-electron chi connectivity index (χ1n) is 8.27. The number of nitrogens with zero attached hydrogens (tertiary/aromatic N) is 1. The first-order chi connectivity index (χ1) is 11.2. The van der Waals surface area contributed by atoms with Gasteiger partial charge >= 0.3 is 6.09 Å². The summed E-state index contributed by atoms with van der Waals surface area (Å²) >= 11 is 0. The molecule has 1 fully saturated rings. The number of nitrogens with one attached hydrogen (secondary N) is 2. The molecule has 8 nitrogen and oxygen atoms in total. The zero-order valence-electron chi connectivity index (χ0n) is 15.0. The van der Waals surface area contributed by atoms with Gasteiger partial charge in [-0.1, -0.05) is 0 Å². The van der Waals surface area contributed by atoms with E-state index >= 15 is 0 Å². The molecule has 0 saturated carbocycles. The van der Waals surface area contributed by atoms with Crippen molar-refractivity contribution in [3.63, 3.8) is 0 Å². The molecule has 0 aromatic heterocycles. The Morgan fingerprint density at radius 2 is 2.04 bits per heavy atom. The first kappa shape index (κ1) is 20.2. The molecule has 1 saturated heterocycles. The van der Waals surface area contributed by atoms with Gasteiger partial charge in [0.1, 0.15) is 18.2 Å².